The Morgan fingerprint density at radius 2 is 2.33 bits per heavy atom. The van der Waals surface area contributed by atoms with Crippen molar-refractivity contribution in [3.63, 3.8) is 0 Å². The number of fused-ring (bicyclic) bond motifs is 1. The van der Waals surface area contributed by atoms with Crippen LogP contribution in [-0.2, 0) is 11.3 Å². The number of aromatic nitrogens is 2. The number of carbonyl (C=O) groups is 1. The molecular formula is C16H25N3O2. The fourth-order valence-corrected chi connectivity index (χ4v) is 3.75. The number of aliphatic hydroxyl groups is 1. The van der Waals surface area contributed by atoms with Gasteiger partial charge in [-0.3, -0.25) is 9.48 Å². The van der Waals surface area contributed by atoms with Crippen LogP contribution in [0.1, 0.15) is 44.2 Å². The van der Waals surface area contributed by atoms with Crippen LogP contribution in [0.4, 0.5) is 0 Å². The molecule has 1 aromatic rings. The zero-order chi connectivity index (χ0) is 14.9. The molecule has 0 spiro atoms. The van der Waals surface area contributed by atoms with E-state index in [2.05, 4.69) is 5.10 Å². The molecule has 5 heteroatoms. The molecule has 0 bridgehead atoms. The zero-order valence-corrected chi connectivity index (χ0v) is 12.8. The highest BCUT2D eigenvalue weighted by Gasteiger charge is 2.43. The second-order valence-electron chi connectivity index (χ2n) is 6.61. The largest absolute Gasteiger partial charge is 0.389 e. The summed E-state index contributed by atoms with van der Waals surface area (Å²) < 4.78 is 1.83. The SMILES string of the molecule is Cc1ccn(CCC(=O)N2CC[C@@]3(O)CCCC[C@H]3C2)n1. The number of carbonyl (C=O) groups excluding carboxylic acids is 1. The van der Waals surface area contributed by atoms with Gasteiger partial charge in [-0.2, -0.15) is 5.10 Å². The Morgan fingerprint density at radius 3 is 3.10 bits per heavy atom. The van der Waals surface area contributed by atoms with Crippen molar-refractivity contribution in [2.45, 2.75) is 57.6 Å². The third kappa shape index (κ3) is 3.12. The van der Waals surface area contributed by atoms with E-state index in [9.17, 15) is 9.90 Å². The minimum Gasteiger partial charge on any atom is -0.389 e. The average Bonchev–Trinajstić information content (AvgIpc) is 2.89. The van der Waals surface area contributed by atoms with Crippen LogP contribution in [0, 0.1) is 12.8 Å². The van der Waals surface area contributed by atoms with Crippen LogP contribution < -0.4 is 0 Å². The summed E-state index contributed by atoms with van der Waals surface area (Å²) in [4.78, 5) is 14.3. The molecule has 2 fully saturated rings. The molecule has 0 unspecified atom stereocenters. The molecule has 116 valence electrons. The van der Waals surface area contributed by atoms with Crippen molar-refractivity contribution in [1.82, 2.24) is 14.7 Å². The van der Waals surface area contributed by atoms with E-state index in [1.54, 1.807) is 0 Å². The molecule has 1 aromatic heterocycles. The number of hydrogen-bond donors (Lipinski definition) is 1. The number of hydrogen-bond acceptors (Lipinski definition) is 3. The number of rotatable bonds is 3. The minimum absolute atomic E-state index is 0.191. The van der Waals surface area contributed by atoms with Crippen LogP contribution in [0.15, 0.2) is 12.3 Å². The molecule has 1 saturated carbocycles. The Hall–Kier alpha value is -1.36. The third-order valence-electron chi connectivity index (χ3n) is 5.11. The summed E-state index contributed by atoms with van der Waals surface area (Å²) in [6.45, 7) is 4.02. The second kappa shape index (κ2) is 5.79. The van der Waals surface area contributed by atoms with Crippen LogP contribution in [-0.4, -0.2) is 44.4 Å². The minimum atomic E-state index is -0.506. The van der Waals surface area contributed by atoms with Crippen LogP contribution in [0.2, 0.25) is 0 Å². The molecule has 1 aliphatic carbocycles. The molecule has 2 heterocycles. The topological polar surface area (TPSA) is 58.4 Å². The van der Waals surface area contributed by atoms with Gasteiger partial charge in [0.2, 0.25) is 5.91 Å². The van der Waals surface area contributed by atoms with Crippen molar-refractivity contribution < 1.29 is 9.90 Å². The molecule has 1 saturated heterocycles. The summed E-state index contributed by atoms with van der Waals surface area (Å²) in [5.74, 6) is 0.465. The fourth-order valence-electron chi connectivity index (χ4n) is 3.75. The van der Waals surface area contributed by atoms with Crippen molar-refractivity contribution in [1.29, 1.82) is 0 Å². The maximum atomic E-state index is 12.4. The van der Waals surface area contributed by atoms with E-state index in [1.165, 1.54) is 6.42 Å². The smallest absolute Gasteiger partial charge is 0.224 e. The molecule has 21 heavy (non-hydrogen) atoms. The van der Waals surface area contributed by atoms with Crippen LogP contribution in [0.3, 0.4) is 0 Å². The van der Waals surface area contributed by atoms with Gasteiger partial charge >= 0.3 is 0 Å². The lowest BCUT2D eigenvalue weighted by Gasteiger charge is -2.47. The summed E-state index contributed by atoms with van der Waals surface area (Å²) in [7, 11) is 0. The fraction of sp³-hybridized carbons (Fsp3) is 0.750. The van der Waals surface area contributed by atoms with E-state index in [0.717, 1.165) is 37.9 Å². The molecule has 2 atom stereocenters. The Labute approximate surface area is 125 Å². The maximum absolute atomic E-state index is 12.4. The Bertz CT molecular complexity index is 513. The first kappa shape index (κ1) is 14.6. The normalized spacial score (nSPS) is 29.2. The van der Waals surface area contributed by atoms with Gasteiger partial charge in [0.1, 0.15) is 0 Å². The number of piperidine rings is 1. The molecule has 1 N–H and O–H groups in total. The highest BCUT2D eigenvalue weighted by Crippen LogP contribution is 2.39. The highest BCUT2D eigenvalue weighted by atomic mass is 16.3. The molecule has 1 aliphatic heterocycles. The monoisotopic (exact) mass is 291 g/mol. The first-order valence-electron chi connectivity index (χ1n) is 8.07. The van der Waals surface area contributed by atoms with Gasteiger partial charge in [-0.15, -0.1) is 0 Å². The van der Waals surface area contributed by atoms with Crippen LogP contribution in [0.25, 0.3) is 0 Å². The Morgan fingerprint density at radius 1 is 1.48 bits per heavy atom. The number of aryl methyl sites for hydroxylation is 2. The van der Waals surface area contributed by atoms with E-state index in [-0.39, 0.29) is 11.8 Å². The van der Waals surface area contributed by atoms with E-state index in [1.807, 2.05) is 28.8 Å². The van der Waals surface area contributed by atoms with E-state index in [4.69, 9.17) is 0 Å². The molecule has 3 rings (SSSR count). The molecule has 5 nitrogen and oxygen atoms in total. The van der Waals surface area contributed by atoms with Crippen molar-refractivity contribution in [2.75, 3.05) is 13.1 Å². The predicted molar refractivity (Wildman–Crippen MR) is 79.7 cm³/mol. The van der Waals surface area contributed by atoms with Gasteiger partial charge in [0.25, 0.3) is 0 Å². The molecule has 2 aliphatic rings. The van der Waals surface area contributed by atoms with Gasteiger partial charge in [-0.1, -0.05) is 12.8 Å². The average molecular weight is 291 g/mol. The summed E-state index contributed by atoms with van der Waals surface area (Å²) >= 11 is 0. The lowest BCUT2D eigenvalue weighted by atomic mass is 9.71. The molecule has 1 amide bonds. The first-order chi connectivity index (χ1) is 10.1. The molecule has 0 aromatic carbocycles. The molecule has 0 radical (unpaired) electrons. The van der Waals surface area contributed by atoms with Crippen molar-refractivity contribution >= 4 is 5.91 Å². The standard InChI is InChI=1S/C16H25N3O2/c1-13-5-9-19(17-13)10-6-15(20)18-11-8-16(21)7-3-2-4-14(16)12-18/h5,9,14,21H,2-4,6-8,10-12H2,1H3/t14-,16-/m0/s1. The van der Waals surface area contributed by atoms with Gasteiger partial charge < -0.3 is 10.0 Å². The summed E-state index contributed by atoms with van der Waals surface area (Å²) in [6.07, 6.45) is 7.42. The first-order valence-corrected chi connectivity index (χ1v) is 8.07. The second-order valence-corrected chi connectivity index (χ2v) is 6.61. The Balaban J connectivity index is 1.54. The Kier molecular flexibility index (Phi) is 4.02. The highest BCUT2D eigenvalue weighted by molar-refractivity contribution is 5.76. The van der Waals surface area contributed by atoms with Crippen molar-refractivity contribution in [3.05, 3.63) is 18.0 Å². The zero-order valence-electron chi connectivity index (χ0n) is 12.8. The van der Waals surface area contributed by atoms with Gasteiger partial charge in [0.15, 0.2) is 0 Å². The summed E-state index contributed by atoms with van der Waals surface area (Å²) in [5.41, 5.74) is 0.474. The maximum Gasteiger partial charge on any atom is 0.224 e. The van der Waals surface area contributed by atoms with E-state index >= 15 is 0 Å². The number of likely N-dealkylation sites (tertiary alicyclic amines) is 1. The van der Waals surface area contributed by atoms with Crippen LogP contribution in [0.5, 0.6) is 0 Å². The predicted octanol–water partition coefficient (Wildman–Crippen LogP) is 1.74. The van der Waals surface area contributed by atoms with Crippen LogP contribution >= 0.6 is 0 Å². The van der Waals surface area contributed by atoms with Gasteiger partial charge in [0, 0.05) is 38.2 Å². The summed E-state index contributed by atoms with van der Waals surface area (Å²) in [5, 5.41) is 15.0. The lowest BCUT2D eigenvalue weighted by molar-refractivity contribution is -0.143. The quantitative estimate of drug-likeness (QED) is 0.923. The third-order valence-corrected chi connectivity index (χ3v) is 5.11. The van der Waals surface area contributed by atoms with Crippen molar-refractivity contribution in [2.24, 2.45) is 5.92 Å². The summed E-state index contributed by atoms with van der Waals surface area (Å²) in [6, 6.07) is 1.95. The van der Waals surface area contributed by atoms with Gasteiger partial charge in [-0.25, -0.2) is 0 Å². The lowest BCUT2D eigenvalue weighted by Crippen LogP contribution is -2.54. The van der Waals surface area contributed by atoms with E-state index < -0.39 is 5.60 Å². The van der Waals surface area contributed by atoms with Gasteiger partial charge in [0.05, 0.1) is 11.3 Å². The van der Waals surface area contributed by atoms with Crippen molar-refractivity contribution in [3.8, 4) is 0 Å². The number of nitrogens with zero attached hydrogens (tertiary/aromatic N) is 3. The van der Waals surface area contributed by atoms with E-state index in [0.29, 0.717) is 19.5 Å². The van der Waals surface area contributed by atoms with Gasteiger partial charge in [-0.05, 0) is 32.3 Å². The number of amides is 1. The molecular weight excluding hydrogens is 266 g/mol.